The van der Waals surface area contributed by atoms with Crippen LogP contribution in [0.5, 0.6) is 5.75 Å². The van der Waals surface area contributed by atoms with Gasteiger partial charge in [0.2, 0.25) is 5.91 Å². The van der Waals surface area contributed by atoms with Crippen LogP contribution >= 0.6 is 11.8 Å². The van der Waals surface area contributed by atoms with Gasteiger partial charge in [0, 0.05) is 24.2 Å². The molecular formula is C26H27N3O3S. The molecule has 2 amide bonds. The van der Waals surface area contributed by atoms with Crippen LogP contribution in [0.1, 0.15) is 35.7 Å². The number of anilines is 1. The van der Waals surface area contributed by atoms with Crippen LogP contribution < -0.4 is 10.1 Å². The van der Waals surface area contributed by atoms with Crippen LogP contribution in [-0.2, 0) is 10.5 Å². The average Bonchev–Trinajstić information content (AvgIpc) is 3.34. The van der Waals surface area contributed by atoms with Crippen molar-refractivity contribution in [2.24, 2.45) is 0 Å². The standard InChI is InChI=1S/C26H27N3O3S/c1-2-32-23-13-4-3-11-21(23)26(31)29-16-8-12-22(29)25(30)28-20-10-7-9-19(17-20)18-33-24-14-5-6-15-27-24/h3-7,9-11,13-15,17,22H,2,8,12,16,18H2,1H3,(H,28,30). The summed E-state index contributed by atoms with van der Waals surface area (Å²) in [5, 5.41) is 3.97. The quantitative estimate of drug-likeness (QED) is 0.477. The normalized spacial score (nSPS) is 15.3. The number of benzene rings is 2. The van der Waals surface area contributed by atoms with Gasteiger partial charge in [0.15, 0.2) is 0 Å². The van der Waals surface area contributed by atoms with Crippen molar-refractivity contribution in [2.45, 2.75) is 36.6 Å². The Morgan fingerprint density at radius 1 is 1.12 bits per heavy atom. The maximum Gasteiger partial charge on any atom is 0.258 e. The first-order chi connectivity index (χ1) is 16.2. The first-order valence-corrected chi connectivity index (χ1v) is 12.1. The lowest BCUT2D eigenvalue weighted by atomic mass is 10.1. The number of carbonyl (C=O) groups excluding carboxylic acids is 2. The van der Waals surface area contributed by atoms with Crippen LogP contribution in [0.3, 0.4) is 0 Å². The lowest BCUT2D eigenvalue weighted by Gasteiger charge is -2.25. The van der Waals surface area contributed by atoms with Crippen molar-refractivity contribution in [3.63, 3.8) is 0 Å². The summed E-state index contributed by atoms with van der Waals surface area (Å²) in [6.07, 6.45) is 3.21. The van der Waals surface area contributed by atoms with E-state index >= 15 is 0 Å². The molecule has 170 valence electrons. The highest BCUT2D eigenvalue weighted by Gasteiger charge is 2.35. The minimum absolute atomic E-state index is 0.163. The van der Waals surface area contributed by atoms with Crippen LogP contribution in [0.4, 0.5) is 5.69 Å². The summed E-state index contributed by atoms with van der Waals surface area (Å²) in [6, 6.07) is 20.3. The van der Waals surface area contributed by atoms with E-state index in [4.69, 9.17) is 4.74 Å². The summed E-state index contributed by atoms with van der Waals surface area (Å²) in [7, 11) is 0. The van der Waals surface area contributed by atoms with Crippen molar-refractivity contribution in [2.75, 3.05) is 18.5 Å². The number of hydrogen-bond donors (Lipinski definition) is 1. The van der Waals surface area contributed by atoms with E-state index in [9.17, 15) is 9.59 Å². The molecule has 1 saturated heterocycles. The Morgan fingerprint density at radius 2 is 1.97 bits per heavy atom. The number of para-hydroxylation sites is 1. The van der Waals surface area contributed by atoms with E-state index in [0.717, 1.165) is 28.5 Å². The zero-order chi connectivity index (χ0) is 23.0. The van der Waals surface area contributed by atoms with Crippen LogP contribution in [0, 0.1) is 0 Å². The van der Waals surface area contributed by atoms with Crippen LogP contribution in [0.25, 0.3) is 0 Å². The Morgan fingerprint density at radius 3 is 2.79 bits per heavy atom. The third kappa shape index (κ3) is 5.73. The Bertz CT molecular complexity index is 1110. The van der Waals surface area contributed by atoms with Crippen molar-refractivity contribution in [3.8, 4) is 5.75 Å². The Balaban J connectivity index is 1.42. The summed E-state index contributed by atoms with van der Waals surface area (Å²) in [5.74, 6) is 0.971. The van der Waals surface area contributed by atoms with E-state index in [2.05, 4.69) is 10.3 Å². The molecule has 0 radical (unpaired) electrons. The molecule has 1 N–H and O–H groups in total. The van der Waals surface area contributed by atoms with Gasteiger partial charge in [-0.1, -0.05) is 30.3 Å². The fraction of sp³-hybridized carbons (Fsp3) is 0.269. The first kappa shape index (κ1) is 22.9. The van der Waals surface area contributed by atoms with Crippen molar-refractivity contribution < 1.29 is 14.3 Å². The van der Waals surface area contributed by atoms with Gasteiger partial charge in [-0.15, -0.1) is 11.8 Å². The fourth-order valence-electron chi connectivity index (χ4n) is 3.92. The summed E-state index contributed by atoms with van der Waals surface area (Å²) in [6.45, 7) is 2.91. The lowest BCUT2D eigenvalue weighted by molar-refractivity contribution is -0.119. The van der Waals surface area contributed by atoms with Crippen molar-refractivity contribution >= 4 is 29.3 Å². The molecule has 2 aromatic carbocycles. The van der Waals surface area contributed by atoms with Gasteiger partial charge >= 0.3 is 0 Å². The van der Waals surface area contributed by atoms with Crippen molar-refractivity contribution in [1.29, 1.82) is 0 Å². The molecule has 1 aliphatic rings. The second-order valence-corrected chi connectivity index (χ2v) is 8.73. The Hall–Kier alpha value is -3.32. The number of carbonyl (C=O) groups is 2. The number of nitrogens with one attached hydrogen (secondary N) is 1. The van der Waals surface area contributed by atoms with Crippen LogP contribution in [0.15, 0.2) is 78.0 Å². The van der Waals surface area contributed by atoms with Crippen LogP contribution in [-0.4, -0.2) is 40.9 Å². The molecular weight excluding hydrogens is 434 g/mol. The van der Waals surface area contributed by atoms with Crippen molar-refractivity contribution in [1.82, 2.24) is 9.88 Å². The molecule has 1 aromatic heterocycles. The summed E-state index contributed by atoms with van der Waals surface area (Å²) >= 11 is 1.65. The molecule has 1 unspecified atom stereocenters. The van der Waals surface area contributed by atoms with Gasteiger partial charge in [-0.3, -0.25) is 9.59 Å². The van der Waals surface area contributed by atoms with Gasteiger partial charge in [-0.2, -0.15) is 0 Å². The molecule has 0 saturated carbocycles. The number of nitrogens with zero attached hydrogens (tertiary/aromatic N) is 2. The third-order valence-electron chi connectivity index (χ3n) is 5.45. The lowest BCUT2D eigenvalue weighted by Crippen LogP contribution is -2.43. The van der Waals surface area contributed by atoms with E-state index in [1.165, 1.54) is 0 Å². The van der Waals surface area contributed by atoms with E-state index in [0.29, 0.717) is 30.9 Å². The van der Waals surface area contributed by atoms with E-state index < -0.39 is 6.04 Å². The summed E-state index contributed by atoms with van der Waals surface area (Å²) in [4.78, 5) is 32.3. The predicted molar refractivity (Wildman–Crippen MR) is 131 cm³/mol. The van der Waals surface area contributed by atoms with Crippen LogP contribution in [0.2, 0.25) is 0 Å². The highest BCUT2D eigenvalue weighted by atomic mass is 32.2. The van der Waals surface area contributed by atoms with Gasteiger partial charge in [0.25, 0.3) is 5.91 Å². The molecule has 1 fully saturated rings. The Labute approximate surface area is 198 Å². The molecule has 7 heteroatoms. The molecule has 2 heterocycles. The second-order valence-electron chi connectivity index (χ2n) is 7.73. The largest absolute Gasteiger partial charge is 0.493 e. The minimum atomic E-state index is -0.501. The smallest absolute Gasteiger partial charge is 0.258 e. The number of amides is 2. The summed E-state index contributed by atoms with van der Waals surface area (Å²) in [5.41, 5.74) is 2.31. The maximum absolute atomic E-state index is 13.2. The van der Waals surface area contributed by atoms with E-state index in [-0.39, 0.29) is 11.8 Å². The minimum Gasteiger partial charge on any atom is -0.493 e. The van der Waals surface area contributed by atoms with E-state index in [1.54, 1.807) is 35.0 Å². The van der Waals surface area contributed by atoms with Gasteiger partial charge in [-0.05, 0) is 61.7 Å². The highest BCUT2D eigenvalue weighted by Crippen LogP contribution is 2.27. The van der Waals surface area contributed by atoms with Crippen molar-refractivity contribution in [3.05, 3.63) is 84.1 Å². The average molecular weight is 462 g/mol. The number of aromatic nitrogens is 1. The summed E-state index contributed by atoms with van der Waals surface area (Å²) < 4.78 is 5.62. The van der Waals surface area contributed by atoms with Gasteiger partial charge in [0.05, 0.1) is 17.2 Å². The second kappa shape index (κ2) is 11.0. The van der Waals surface area contributed by atoms with Gasteiger partial charge in [0.1, 0.15) is 11.8 Å². The monoisotopic (exact) mass is 461 g/mol. The number of likely N-dealkylation sites (tertiary alicyclic amines) is 1. The molecule has 0 aliphatic carbocycles. The number of rotatable bonds is 8. The van der Waals surface area contributed by atoms with Gasteiger partial charge in [-0.25, -0.2) is 4.98 Å². The first-order valence-electron chi connectivity index (χ1n) is 11.1. The SMILES string of the molecule is CCOc1ccccc1C(=O)N1CCCC1C(=O)Nc1cccc(CSc2ccccn2)c1. The number of ether oxygens (including phenoxy) is 1. The third-order valence-corrected chi connectivity index (χ3v) is 6.47. The molecule has 1 atom stereocenters. The Kier molecular flexibility index (Phi) is 7.62. The topological polar surface area (TPSA) is 71.5 Å². The van der Waals surface area contributed by atoms with Gasteiger partial charge < -0.3 is 15.0 Å². The van der Waals surface area contributed by atoms with E-state index in [1.807, 2.05) is 61.5 Å². The molecule has 33 heavy (non-hydrogen) atoms. The maximum atomic E-state index is 13.2. The number of hydrogen-bond acceptors (Lipinski definition) is 5. The highest BCUT2D eigenvalue weighted by molar-refractivity contribution is 7.98. The number of pyridine rings is 1. The molecule has 4 rings (SSSR count). The molecule has 6 nitrogen and oxygen atoms in total. The predicted octanol–water partition coefficient (Wildman–Crippen LogP) is 5.02. The molecule has 0 spiro atoms. The zero-order valence-corrected chi connectivity index (χ0v) is 19.4. The molecule has 0 bridgehead atoms. The number of thioether (sulfide) groups is 1. The zero-order valence-electron chi connectivity index (χ0n) is 18.6. The molecule has 3 aromatic rings. The molecule has 1 aliphatic heterocycles. The fourth-order valence-corrected chi connectivity index (χ4v) is 4.72.